The minimum absolute atomic E-state index is 0.147. The lowest BCUT2D eigenvalue weighted by atomic mass is 10.1. The molecule has 0 atom stereocenters. The van der Waals surface area contributed by atoms with Crippen LogP contribution in [0.5, 0.6) is 5.75 Å². The Hall–Kier alpha value is -3.67. The normalized spacial score (nSPS) is 10.2. The third-order valence-electron chi connectivity index (χ3n) is 4.11. The van der Waals surface area contributed by atoms with Gasteiger partial charge < -0.3 is 15.4 Å². The summed E-state index contributed by atoms with van der Waals surface area (Å²) in [5, 5.41) is 5.57. The van der Waals surface area contributed by atoms with E-state index in [2.05, 4.69) is 15.6 Å². The number of aromatic nitrogens is 1. The predicted molar refractivity (Wildman–Crippen MR) is 108 cm³/mol. The molecular formula is C22H21N3O3. The number of benzene rings is 2. The van der Waals surface area contributed by atoms with Crippen molar-refractivity contribution in [3.05, 3.63) is 89.2 Å². The van der Waals surface area contributed by atoms with Gasteiger partial charge in [-0.15, -0.1) is 0 Å². The number of hydrogen-bond donors (Lipinski definition) is 2. The smallest absolute Gasteiger partial charge is 0.274 e. The van der Waals surface area contributed by atoms with Crippen LogP contribution in [0.4, 0.5) is 5.69 Å². The highest BCUT2D eigenvalue weighted by atomic mass is 16.5. The van der Waals surface area contributed by atoms with E-state index in [1.807, 2.05) is 37.3 Å². The Morgan fingerprint density at radius 1 is 0.929 bits per heavy atom. The van der Waals surface area contributed by atoms with E-state index in [0.717, 1.165) is 11.1 Å². The summed E-state index contributed by atoms with van der Waals surface area (Å²) in [7, 11) is 1.53. The molecule has 0 bridgehead atoms. The Bertz CT molecular complexity index is 1000. The molecule has 28 heavy (non-hydrogen) atoms. The number of nitrogens with one attached hydrogen (secondary N) is 2. The first-order chi connectivity index (χ1) is 13.6. The molecule has 0 aliphatic carbocycles. The third-order valence-corrected chi connectivity index (χ3v) is 4.11. The van der Waals surface area contributed by atoms with Gasteiger partial charge in [-0.1, -0.05) is 48.0 Å². The summed E-state index contributed by atoms with van der Waals surface area (Å²) < 4.78 is 5.23. The van der Waals surface area contributed by atoms with Gasteiger partial charge in [0.05, 0.1) is 12.8 Å². The highest BCUT2D eigenvalue weighted by Gasteiger charge is 2.14. The van der Waals surface area contributed by atoms with E-state index in [-0.39, 0.29) is 17.3 Å². The van der Waals surface area contributed by atoms with Crippen molar-refractivity contribution in [2.45, 2.75) is 13.5 Å². The van der Waals surface area contributed by atoms with Crippen LogP contribution >= 0.6 is 0 Å². The number of methoxy groups -OCH3 is 1. The average Bonchev–Trinajstić information content (AvgIpc) is 2.72. The number of aryl methyl sites for hydroxylation is 1. The highest BCUT2D eigenvalue weighted by Crippen LogP contribution is 2.23. The molecule has 142 valence electrons. The first-order valence-electron chi connectivity index (χ1n) is 8.82. The minimum atomic E-state index is -0.419. The standard InChI is InChI=1S/C22H21N3O3/c1-15-7-5-8-16(13-15)14-23-21(26)18-10-6-11-19(24-18)22(27)25-17-9-3-4-12-20(17)28-2/h3-13H,14H2,1-2H3,(H,23,26)(H,25,27). The number of carbonyl (C=O) groups excluding carboxylic acids is 2. The topological polar surface area (TPSA) is 80.3 Å². The van der Waals surface area contributed by atoms with Crippen LogP contribution in [0.25, 0.3) is 0 Å². The molecule has 0 saturated carbocycles. The molecule has 2 aromatic carbocycles. The lowest BCUT2D eigenvalue weighted by Gasteiger charge is -2.10. The highest BCUT2D eigenvalue weighted by molar-refractivity contribution is 6.04. The molecule has 2 amide bonds. The Kier molecular flexibility index (Phi) is 6.01. The van der Waals surface area contributed by atoms with Gasteiger partial charge in [0, 0.05) is 6.54 Å². The van der Waals surface area contributed by atoms with Crippen LogP contribution in [0.15, 0.2) is 66.7 Å². The van der Waals surface area contributed by atoms with Crippen molar-refractivity contribution in [2.24, 2.45) is 0 Å². The van der Waals surface area contributed by atoms with Crippen LogP contribution < -0.4 is 15.4 Å². The molecule has 1 heterocycles. The van der Waals surface area contributed by atoms with Crippen molar-refractivity contribution in [1.29, 1.82) is 0 Å². The van der Waals surface area contributed by atoms with Gasteiger partial charge in [-0.3, -0.25) is 9.59 Å². The third kappa shape index (κ3) is 4.73. The van der Waals surface area contributed by atoms with E-state index in [1.165, 1.54) is 7.11 Å². The minimum Gasteiger partial charge on any atom is -0.495 e. The maximum Gasteiger partial charge on any atom is 0.274 e. The van der Waals surface area contributed by atoms with E-state index >= 15 is 0 Å². The molecule has 1 aromatic heterocycles. The monoisotopic (exact) mass is 375 g/mol. The van der Waals surface area contributed by atoms with E-state index < -0.39 is 5.91 Å². The van der Waals surface area contributed by atoms with Gasteiger partial charge >= 0.3 is 0 Å². The molecule has 0 spiro atoms. The van der Waals surface area contributed by atoms with Crippen LogP contribution in [0.3, 0.4) is 0 Å². The second-order valence-electron chi connectivity index (χ2n) is 6.23. The van der Waals surface area contributed by atoms with Crippen LogP contribution in [0, 0.1) is 6.92 Å². The number of nitrogens with zero attached hydrogens (tertiary/aromatic N) is 1. The van der Waals surface area contributed by atoms with Gasteiger partial charge in [0.15, 0.2) is 0 Å². The molecule has 3 rings (SSSR count). The van der Waals surface area contributed by atoms with Crippen LogP contribution in [0.1, 0.15) is 32.1 Å². The summed E-state index contributed by atoms with van der Waals surface area (Å²) in [5.74, 6) is -0.214. The number of ether oxygens (including phenoxy) is 1. The number of hydrogen-bond acceptors (Lipinski definition) is 4. The Morgan fingerprint density at radius 2 is 1.64 bits per heavy atom. The maximum atomic E-state index is 12.5. The number of amides is 2. The summed E-state index contributed by atoms with van der Waals surface area (Å²) in [5.41, 5.74) is 2.99. The summed E-state index contributed by atoms with van der Waals surface area (Å²) >= 11 is 0. The molecule has 2 N–H and O–H groups in total. The van der Waals surface area contributed by atoms with E-state index in [4.69, 9.17) is 4.74 Å². The molecule has 0 fully saturated rings. The summed E-state index contributed by atoms with van der Waals surface area (Å²) in [6.07, 6.45) is 0. The summed E-state index contributed by atoms with van der Waals surface area (Å²) in [6, 6.07) is 19.7. The summed E-state index contributed by atoms with van der Waals surface area (Å²) in [4.78, 5) is 29.1. The van der Waals surface area contributed by atoms with E-state index in [0.29, 0.717) is 18.0 Å². The first-order valence-corrected chi connectivity index (χ1v) is 8.82. The van der Waals surface area contributed by atoms with Crippen molar-refractivity contribution in [3.63, 3.8) is 0 Å². The van der Waals surface area contributed by atoms with Gasteiger partial charge in [-0.25, -0.2) is 4.98 Å². The SMILES string of the molecule is COc1ccccc1NC(=O)c1cccc(C(=O)NCc2cccc(C)c2)n1. The second kappa shape index (κ2) is 8.81. The zero-order valence-corrected chi connectivity index (χ0v) is 15.7. The lowest BCUT2D eigenvalue weighted by Crippen LogP contribution is -2.25. The zero-order valence-electron chi connectivity index (χ0n) is 15.7. The van der Waals surface area contributed by atoms with Crippen LogP contribution in [0.2, 0.25) is 0 Å². The molecule has 0 radical (unpaired) electrons. The van der Waals surface area contributed by atoms with Crippen molar-refractivity contribution in [3.8, 4) is 5.75 Å². The van der Waals surface area contributed by atoms with E-state index in [9.17, 15) is 9.59 Å². The molecule has 0 aliphatic heterocycles. The quantitative estimate of drug-likeness (QED) is 0.690. The van der Waals surface area contributed by atoms with Gasteiger partial charge in [0.25, 0.3) is 11.8 Å². The van der Waals surface area contributed by atoms with Crippen molar-refractivity contribution in [2.75, 3.05) is 12.4 Å². The lowest BCUT2D eigenvalue weighted by molar-refractivity contribution is 0.0945. The second-order valence-corrected chi connectivity index (χ2v) is 6.23. The molecule has 3 aromatic rings. The molecule has 0 unspecified atom stereocenters. The predicted octanol–water partition coefficient (Wildman–Crippen LogP) is 3.58. The van der Waals surface area contributed by atoms with Crippen molar-refractivity contribution < 1.29 is 14.3 Å². The maximum absolute atomic E-state index is 12.5. The Morgan fingerprint density at radius 3 is 2.39 bits per heavy atom. The number of rotatable bonds is 6. The number of anilines is 1. The van der Waals surface area contributed by atoms with Gasteiger partial charge in [-0.2, -0.15) is 0 Å². The van der Waals surface area contributed by atoms with E-state index in [1.54, 1.807) is 36.4 Å². The van der Waals surface area contributed by atoms with Crippen molar-refractivity contribution >= 4 is 17.5 Å². The Balaban J connectivity index is 1.69. The fraction of sp³-hybridized carbons (Fsp3) is 0.136. The number of para-hydroxylation sites is 2. The van der Waals surface area contributed by atoms with Gasteiger partial charge in [0.2, 0.25) is 0 Å². The van der Waals surface area contributed by atoms with Crippen LogP contribution in [-0.2, 0) is 6.54 Å². The van der Waals surface area contributed by atoms with Gasteiger partial charge in [0.1, 0.15) is 17.1 Å². The first kappa shape index (κ1) is 19.1. The Labute approximate surface area is 163 Å². The summed E-state index contributed by atoms with van der Waals surface area (Å²) in [6.45, 7) is 2.39. The number of carbonyl (C=O) groups is 2. The largest absolute Gasteiger partial charge is 0.495 e. The van der Waals surface area contributed by atoms with Gasteiger partial charge in [-0.05, 0) is 36.8 Å². The number of pyridine rings is 1. The molecular weight excluding hydrogens is 354 g/mol. The molecule has 6 heteroatoms. The zero-order chi connectivity index (χ0) is 19.9. The molecule has 6 nitrogen and oxygen atoms in total. The van der Waals surface area contributed by atoms with Crippen LogP contribution in [-0.4, -0.2) is 23.9 Å². The van der Waals surface area contributed by atoms with Crippen molar-refractivity contribution in [1.82, 2.24) is 10.3 Å². The fourth-order valence-electron chi connectivity index (χ4n) is 2.72. The molecule has 0 aliphatic rings. The average molecular weight is 375 g/mol. The molecule has 0 saturated heterocycles. The fourth-order valence-corrected chi connectivity index (χ4v) is 2.72.